The number of esters is 1. The molecule has 6 aliphatic heterocycles. The third kappa shape index (κ3) is 1.91. The minimum absolute atomic E-state index is 0.000951. The minimum atomic E-state index is -0.626. The predicted octanol–water partition coefficient (Wildman–Crippen LogP) is 2.02. The van der Waals surface area contributed by atoms with Crippen LogP contribution in [0.2, 0.25) is 0 Å². The third-order valence-corrected chi connectivity index (χ3v) is 8.56. The maximum atomic E-state index is 12.2. The van der Waals surface area contributed by atoms with Gasteiger partial charge in [-0.05, 0) is 33.4 Å². The van der Waals surface area contributed by atoms with Gasteiger partial charge in [0.15, 0.2) is 5.76 Å². The van der Waals surface area contributed by atoms with Gasteiger partial charge in [0.2, 0.25) is 11.5 Å². The molecule has 0 aromatic rings. The Kier molecular flexibility index (Phi) is 3.72. The third-order valence-electron chi connectivity index (χ3n) is 8.56. The van der Waals surface area contributed by atoms with Gasteiger partial charge in [-0.25, -0.2) is 4.79 Å². The molecule has 0 aromatic heterocycles. The normalized spacial score (nSPS) is 49.8. The molecule has 6 aliphatic rings. The molecular formula is C23H30N2O5. The topological polar surface area (TPSA) is 60.5 Å². The summed E-state index contributed by atoms with van der Waals surface area (Å²) in [6, 6.07) is 0.431. The lowest BCUT2D eigenvalue weighted by Gasteiger charge is -2.49. The molecule has 1 unspecified atom stereocenters. The van der Waals surface area contributed by atoms with Gasteiger partial charge >= 0.3 is 5.97 Å². The first-order valence-electron chi connectivity index (χ1n) is 11.0. The van der Waals surface area contributed by atoms with E-state index in [1.54, 1.807) is 14.0 Å². The van der Waals surface area contributed by atoms with Crippen molar-refractivity contribution in [2.24, 2.45) is 17.8 Å². The molecule has 0 aliphatic carbocycles. The molecule has 0 amide bonds. The summed E-state index contributed by atoms with van der Waals surface area (Å²) in [5.74, 6) is 1.31. The van der Waals surface area contributed by atoms with Gasteiger partial charge in [0, 0.05) is 31.0 Å². The molecule has 30 heavy (non-hydrogen) atoms. The van der Waals surface area contributed by atoms with E-state index in [-0.39, 0.29) is 29.4 Å². The molecule has 5 bridgehead atoms. The van der Waals surface area contributed by atoms with E-state index in [9.17, 15) is 4.79 Å². The van der Waals surface area contributed by atoms with Crippen LogP contribution in [0.25, 0.3) is 0 Å². The molecule has 0 radical (unpaired) electrons. The maximum Gasteiger partial charge on any atom is 0.343 e. The summed E-state index contributed by atoms with van der Waals surface area (Å²) in [4.78, 5) is 17.3. The van der Waals surface area contributed by atoms with Crippen molar-refractivity contribution in [1.29, 1.82) is 0 Å². The minimum Gasteiger partial charge on any atom is -0.492 e. The van der Waals surface area contributed by atoms with Crippen molar-refractivity contribution in [2.45, 2.75) is 50.2 Å². The van der Waals surface area contributed by atoms with Gasteiger partial charge in [-0.15, -0.1) is 6.58 Å². The number of ether oxygens (including phenoxy) is 4. The van der Waals surface area contributed by atoms with E-state index >= 15 is 0 Å². The number of allylic oxidation sites excluding steroid dienone is 1. The number of rotatable bonds is 5. The Morgan fingerprint density at radius 3 is 2.97 bits per heavy atom. The number of hydrogen-bond acceptors (Lipinski definition) is 7. The summed E-state index contributed by atoms with van der Waals surface area (Å²) >= 11 is 0. The van der Waals surface area contributed by atoms with Crippen LogP contribution in [-0.4, -0.2) is 73.0 Å². The summed E-state index contributed by atoms with van der Waals surface area (Å²) < 4.78 is 24.7. The summed E-state index contributed by atoms with van der Waals surface area (Å²) in [5, 5.41) is 0. The van der Waals surface area contributed by atoms with Crippen LogP contribution in [0.4, 0.5) is 0 Å². The highest BCUT2D eigenvalue weighted by Gasteiger charge is 2.84. The zero-order chi connectivity index (χ0) is 21.0. The molecule has 7 heteroatoms. The SMILES string of the molecule is C=CCN(C)C[C@@]12[C@@H]3C[C@H]4[C@H]5[C@H](C)/C(=C6/OC(=O)C(C)=C6OC)O[C@]5(O3)[C@H]1CCN42. The Bertz CT molecular complexity index is 911. The Labute approximate surface area is 177 Å². The van der Waals surface area contributed by atoms with E-state index in [4.69, 9.17) is 18.9 Å². The Hall–Kier alpha value is -1.83. The highest BCUT2D eigenvalue weighted by Crippen LogP contribution is 2.72. The quantitative estimate of drug-likeness (QED) is 0.504. The van der Waals surface area contributed by atoms with E-state index in [1.807, 2.05) is 6.08 Å². The fourth-order valence-electron chi connectivity index (χ4n) is 7.72. The maximum absolute atomic E-state index is 12.2. The van der Waals surface area contributed by atoms with Crippen LogP contribution < -0.4 is 0 Å². The molecule has 5 saturated heterocycles. The largest absolute Gasteiger partial charge is 0.492 e. The highest BCUT2D eigenvalue weighted by atomic mass is 16.7. The van der Waals surface area contributed by atoms with E-state index in [2.05, 4.69) is 30.4 Å². The first-order chi connectivity index (χ1) is 14.4. The van der Waals surface area contributed by atoms with Gasteiger partial charge in [0.1, 0.15) is 5.76 Å². The second-order valence-electron chi connectivity index (χ2n) is 9.80. The highest BCUT2D eigenvalue weighted by molar-refractivity contribution is 5.93. The summed E-state index contributed by atoms with van der Waals surface area (Å²) in [6.45, 7) is 10.7. The number of cyclic esters (lactones) is 1. The van der Waals surface area contributed by atoms with Crippen molar-refractivity contribution in [3.63, 3.8) is 0 Å². The number of carbonyl (C=O) groups is 1. The van der Waals surface area contributed by atoms with Crippen molar-refractivity contribution in [3.8, 4) is 0 Å². The number of fused-ring (bicyclic) bond motifs is 1. The average Bonchev–Trinajstić information content (AvgIpc) is 3.40. The second kappa shape index (κ2) is 5.90. The summed E-state index contributed by atoms with van der Waals surface area (Å²) in [6.07, 6.45) is 4.27. The molecule has 6 heterocycles. The molecule has 1 spiro atoms. The van der Waals surface area contributed by atoms with Gasteiger partial charge in [0.05, 0.1) is 30.2 Å². The van der Waals surface area contributed by atoms with Crippen molar-refractivity contribution in [1.82, 2.24) is 9.80 Å². The van der Waals surface area contributed by atoms with Crippen LogP contribution in [0.1, 0.15) is 26.7 Å². The van der Waals surface area contributed by atoms with Crippen LogP contribution >= 0.6 is 0 Å². The van der Waals surface area contributed by atoms with Crippen molar-refractivity contribution in [3.05, 3.63) is 35.5 Å². The first kappa shape index (κ1) is 18.9. The molecule has 0 saturated carbocycles. The van der Waals surface area contributed by atoms with Crippen molar-refractivity contribution < 1.29 is 23.7 Å². The number of likely N-dealkylation sites (N-methyl/N-ethyl adjacent to an activating group) is 1. The number of nitrogens with zero attached hydrogens (tertiary/aromatic N) is 2. The van der Waals surface area contributed by atoms with Crippen LogP contribution in [-0.2, 0) is 23.7 Å². The zero-order valence-corrected chi connectivity index (χ0v) is 18.1. The van der Waals surface area contributed by atoms with Crippen molar-refractivity contribution >= 4 is 5.97 Å². The molecule has 7 nitrogen and oxygen atoms in total. The fourth-order valence-corrected chi connectivity index (χ4v) is 7.72. The standard InChI is InChI=1S/C23H30N2O5/c1-6-8-24(4)11-22-15-7-9-25(22)14-10-16(22)29-23(15)17(14)12(2)19(30-23)20-18(27-5)13(3)21(26)28-20/h6,12,14-17H,1,7-11H2,2-5H3/b20-19-/t12-,14-,15-,16-,17+,22-,23+/m0/s1. The lowest BCUT2D eigenvalue weighted by molar-refractivity contribution is -0.256. The molecule has 8 atom stereocenters. The molecule has 0 aromatic carbocycles. The summed E-state index contributed by atoms with van der Waals surface area (Å²) in [5.41, 5.74) is 0.492. The van der Waals surface area contributed by atoms with E-state index < -0.39 is 5.79 Å². The molecule has 162 valence electrons. The van der Waals surface area contributed by atoms with Gasteiger partial charge in [0.25, 0.3) is 0 Å². The van der Waals surface area contributed by atoms with E-state index in [0.717, 1.165) is 38.2 Å². The predicted molar refractivity (Wildman–Crippen MR) is 108 cm³/mol. The van der Waals surface area contributed by atoms with Gasteiger partial charge in [-0.3, -0.25) is 4.90 Å². The van der Waals surface area contributed by atoms with E-state index in [1.165, 1.54) is 0 Å². The number of hydrogen-bond donors (Lipinski definition) is 0. The smallest absolute Gasteiger partial charge is 0.343 e. The Morgan fingerprint density at radius 2 is 2.23 bits per heavy atom. The Balaban J connectivity index is 1.43. The van der Waals surface area contributed by atoms with Gasteiger partial charge in [-0.2, -0.15) is 0 Å². The summed E-state index contributed by atoms with van der Waals surface area (Å²) in [7, 11) is 3.73. The first-order valence-corrected chi connectivity index (χ1v) is 11.0. The van der Waals surface area contributed by atoms with Crippen molar-refractivity contribution in [2.75, 3.05) is 33.8 Å². The Morgan fingerprint density at radius 1 is 1.43 bits per heavy atom. The van der Waals surface area contributed by atoms with Gasteiger partial charge in [-0.1, -0.05) is 13.0 Å². The monoisotopic (exact) mass is 414 g/mol. The lowest BCUT2D eigenvalue weighted by Crippen LogP contribution is -2.64. The molecule has 6 rings (SSSR count). The number of methoxy groups -OCH3 is 1. The average molecular weight is 415 g/mol. The van der Waals surface area contributed by atoms with Crippen LogP contribution in [0.5, 0.6) is 0 Å². The van der Waals surface area contributed by atoms with E-state index in [0.29, 0.717) is 29.1 Å². The fraction of sp³-hybridized carbons (Fsp3) is 0.696. The molecule has 0 N–H and O–H groups in total. The second-order valence-corrected chi connectivity index (χ2v) is 9.80. The van der Waals surface area contributed by atoms with Crippen LogP contribution in [0, 0.1) is 17.8 Å². The zero-order valence-electron chi connectivity index (χ0n) is 18.1. The number of carbonyl (C=O) groups excluding carboxylic acids is 1. The lowest BCUT2D eigenvalue weighted by atomic mass is 9.70. The number of piperidine rings is 1. The molecule has 5 fully saturated rings. The van der Waals surface area contributed by atoms with Crippen LogP contribution in [0.15, 0.2) is 35.5 Å². The molecular weight excluding hydrogens is 384 g/mol. The van der Waals surface area contributed by atoms with Crippen LogP contribution in [0.3, 0.4) is 0 Å². The van der Waals surface area contributed by atoms with Gasteiger partial charge < -0.3 is 23.8 Å².